The van der Waals surface area contributed by atoms with Gasteiger partial charge in [-0.25, -0.2) is 0 Å². The van der Waals surface area contributed by atoms with Crippen LogP contribution in [-0.4, -0.2) is 34.9 Å². The van der Waals surface area contributed by atoms with Gasteiger partial charge in [0.25, 0.3) is 0 Å². The van der Waals surface area contributed by atoms with Crippen LogP contribution in [0.15, 0.2) is 24.3 Å². The quantitative estimate of drug-likeness (QED) is 0.748. The summed E-state index contributed by atoms with van der Waals surface area (Å²) in [6.07, 6.45) is 0.972. The Kier molecular flexibility index (Phi) is 6.11. The fourth-order valence-corrected chi connectivity index (χ4v) is 2.97. The predicted octanol–water partition coefficient (Wildman–Crippen LogP) is 3.25. The van der Waals surface area contributed by atoms with Crippen molar-refractivity contribution in [1.29, 1.82) is 0 Å². The SMILES string of the molecule is Cl.NC1(C(=O)Nc2cc(-c3cc(Cl)cc(Cl)c3)[nH]n2)CCOCC1. The summed E-state index contributed by atoms with van der Waals surface area (Å²) in [5.74, 6) is 0.139. The van der Waals surface area contributed by atoms with Crippen LogP contribution < -0.4 is 11.1 Å². The molecular formula is C15H17Cl3N4O2. The van der Waals surface area contributed by atoms with Gasteiger partial charge < -0.3 is 15.8 Å². The number of nitrogens with two attached hydrogens (primary N) is 1. The van der Waals surface area contributed by atoms with Crippen LogP contribution in [0.4, 0.5) is 5.82 Å². The van der Waals surface area contributed by atoms with Crippen LogP contribution in [0.2, 0.25) is 10.0 Å². The number of aromatic amines is 1. The second-order valence-corrected chi connectivity index (χ2v) is 6.42. The molecule has 3 rings (SSSR count). The van der Waals surface area contributed by atoms with Crippen LogP contribution >= 0.6 is 35.6 Å². The van der Waals surface area contributed by atoms with Crippen molar-refractivity contribution < 1.29 is 9.53 Å². The van der Waals surface area contributed by atoms with Crippen molar-refractivity contribution >= 4 is 47.3 Å². The molecule has 9 heteroatoms. The number of amides is 1. The molecule has 1 fully saturated rings. The maximum atomic E-state index is 12.4. The monoisotopic (exact) mass is 390 g/mol. The number of hydrogen-bond donors (Lipinski definition) is 3. The molecule has 130 valence electrons. The highest BCUT2D eigenvalue weighted by molar-refractivity contribution is 6.35. The Morgan fingerprint density at radius 1 is 1.21 bits per heavy atom. The van der Waals surface area contributed by atoms with Gasteiger partial charge in [0, 0.05) is 34.9 Å². The molecule has 1 amide bonds. The molecule has 1 aliphatic heterocycles. The number of rotatable bonds is 3. The first-order valence-electron chi connectivity index (χ1n) is 7.16. The molecular weight excluding hydrogens is 375 g/mol. The van der Waals surface area contributed by atoms with Gasteiger partial charge in [-0.15, -0.1) is 12.4 Å². The van der Waals surface area contributed by atoms with Crippen molar-refractivity contribution in [2.75, 3.05) is 18.5 Å². The van der Waals surface area contributed by atoms with E-state index in [1.807, 2.05) is 0 Å². The van der Waals surface area contributed by atoms with E-state index in [1.165, 1.54) is 0 Å². The standard InChI is InChI=1S/C15H16Cl2N4O2.ClH/c16-10-5-9(6-11(17)7-10)12-8-13(21-20-12)19-14(22)15(18)1-3-23-4-2-15;/h5-8H,1-4,18H2,(H2,19,20,21,22);1H. The lowest BCUT2D eigenvalue weighted by molar-refractivity contribution is -0.124. The Bertz CT molecular complexity index is 709. The molecule has 0 bridgehead atoms. The average Bonchev–Trinajstić information content (AvgIpc) is 2.95. The second-order valence-electron chi connectivity index (χ2n) is 5.55. The largest absolute Gasteiger partial charge is 0.381 e. The van der Waals surface area contributed by atoms with Gasteiger partial charge in [0.2, 0.25) is 5.91 Å². The fourth-order valence-electron chi connectivity index (χ4n) is 2.45. The summed E-state index contributed by atoms with van der Waals surface area (Å²) >= 11 is 12.0. The second kappa shape index (κ2) is 7.72. The number of carbonyl (C=O) groups excluding carboxylic acids is 1. The molecule has 0 aliphatic carbocycles. The number of hydrogen-bond acceptors (Lipinski definition) is 4. The van der Waals surface area contributed by atoms with Gasteiger partial charge in [0.05, 0.1) is 5.69 Å². The molecule has 0 saturated carbocycles. The molecule has 0 radical (unpaired) electrons. The van der Waals surface area contributed by atoms with E-state index < -0.39 is 5.54 Å². The fraction of sp³-hybridized carbons (Fsp3) is 0.333. The van der Waals surface area contributed by atoms with Crippen molar-refractivity contribution in [2.45, 2.75) is 18.4 Å². The van der Waals surface area contributed by atoms with E-state index in [-0.39, 0.29) is 18.3 Å². The normalized spacial score (nSPS) is 16.3. The third-order valence-electron chi connectivity index (χ3n) is 3.83. The molecule has 1 aromatic carbocycles. The van der Waals surface area contributed by atoms with E-state index in [0.29, 0.717) is 47.6 Å². The number of anilines is 1. The highest BCUT2D eigenvalue weighted by Crippen LogP contribution is 2.27. The van der Waals surface area contributed by atoms with Gasteiger partial charge in [-0.2, -0.15) is 5.10 Å². The van der Waals surface area contributed by atoms with Crippen LogP contribution in [0, 0.1) is 0 Å². The van der Waals surface area contributed by atoms with E-state index in [0.717, 1.165) is 5.56 Å². The van der Waals surface area contributed by atoms with E-state index >= 15 is 0 Å². The highest BCUT2D eigenvalue weighted by atomic mass is 35.5. The van der Waals surface area contributed by atoms with Crippen molar-refractivity contribution in [1.82, 2.24) is 10.2 Å². The van der Waals surface area contributed by atoms with Gasteiger partial charge in [0.1, 0.15) is 5.54 Å². The van der Waals surface area contributed by atoms with Crippen molar-refractivity contribution in [3.05, 3.63) is 34.3 Å². The summed E-state index contributed by atoms with van der Waals surface area (Å²) < 4.78 is 5.24. The van der Waals surface area contributed by atoms with E-state index in [2.05, 4.69) is 15.5 Å². The molecule has 0 unspecified atom stereocenters. The number of nitrogens with one attached hydrogen (secondary N) is 2. The maximum Gasteiger partial charge on any atom is 0.245 e. The smallest absolute Gasteiger partial charge is 0.245 e. The minimum absolute atomic E-state index is 0. The molecule has 2 heterocycles. The minimum atomic E-state index is -0.920. The molecule has 1 aliphatic rings. The average molecular weight is 392 g/mol. The Morgan fingerprint density at radius 2 is 1.83 bits per heavy atom. The highest BCUT2D eigenvalue weighted by Gasteiger charge is 2.36. The Labute approximate surface area is 155 Å². The molecule has 6 nitrogen and oxygen atoms in total. The summed E-state index contributed by atoms with van der Waals surface area (Å²) in [7, 11) is 0. The van der Waals surface area contributed by atoms with Crippen molar-refractivity contribution in [3.63, 3.8) is 0 Å². The first-order valence-corrected chi connectivity index (χ1v) is 7.92. The number of nitrogens with zero attached hydrogens (tertiary/aromatic N) is 1. The molecule has 0 spiro atoms. The first kappa shape index (κ1) is 19.0. The van der Waals surface area contributed by atoms with E-state index in [4.69, 9.17) is 33.7 Å². The van der Waals surface area contributed by atoms with Gasteiger partial charge >= 0.3 is 0 Å². The zero-order valence-corrected chi connectivity index (χ0v) is 15.0. The molecule has 24 heavy (non-hydrogen) atoms. The number of carbonyl (C=O) groups is 1. The molecule has 1 aromatic heterocycles. The summed E-state index contributed by atoms with van der Waals surface area (Å²) in [5.41, 5.74) is 6.70. The zero-order valence-electron chi connectivity index (χ0n) is 12.6. The topological polar surface area (TPSA) is 93.0 Å². The maximum absolute atomic E-state index is 12.4. The Hall–Kier alpha value is -1.31. The minimum Gasteiger partial charge on any atom is -0.381 e. The lowest BCUT2D eigenvalue weighted by Gasteiger charge is -2.31. The van der Waals surface area contributed by atoms with Crippen LogP contribution in [0.1, 0.15) is 12.8 Å². The summed E-state index contributed by atoms with van der Waals surface area (Å²) in [6.45, 7) is 0.966. The van der Waals surface area contributed by atoms with Crippen LogP contribution in [0.25, 0.3) is 11.3 Å². The van der Waals surface area contributed by atoms with Crippen molar-refractivity contribution in [3.8, 4) is 11.3 Å². The van der Waals surface area contributed by atoms with Crippen LogP contribution in [0.3, 0.4) is 0 Å². The summed E-state index contributed by atoms with van der Waals surface area (Å²) in [6, 6.07) is 6.88. The van der Waals surface area contributed by atoms with Gasteiger partial charge in [0.15, 0.2) is 5.82 Å². The Morgan fingerprint density at radius 3 is 2.46 bits per heavy atom. The lowest BCUT2D eigenvalue weighted by atomic mass is 9.90. The summed E-state index contributed by atoms with van der Waals surface area (Å²) in [4.78, 5) is 12.4. The lowest BCUT2D eigenvalue weighted by Crippen LogP contribution is -2.54. The third-order valence-corrected chi connectivity index (χ3v) is 4.27. The van der Waals surface area contributed by atoms with Crippen LogP contribution in [0.5, 0.6) is 0 Å². The molecule has 0 atom stereocenters. The van der Waals surface area contributed by atoms with E-state index in [9.17, 15) is 4.79 Å². The zero-order chi connectivity index (χ0) is 16.4. The number of halogens is 3. The number of H-pyrrole nitrogens is 1. The van der Waals surface area contributed by atoms with Gasteiger partial charge in [-0.3, -0.25) is 9.89 Å². The number of aromatic nitrogens is 2. The van der Waals surface area contributed by atoms with E-state index in [1.54, 1.807) is 24.3 Å². The molecule has 1 saturated heterocycles. The molecule has 2 aromatic rings. The first-order chi connectivity index (χ1) is 11.0. The van der Waals surface area contributed by atoms with Crippen LogP contribution in [-0.2, 0) is 9.53 Å². The van der Waals surface area contributed by atoms with Gasteiger partial charge in [-0.1, -0.05) is 23.2 Å². The van der Waals surface area contributed by atoms with Crippen molar-refractivity contribution in [2.24, 2.45) is 5.73 Å². The predicted molar refractivity (Wildman–Crippen MR) is 96.9 cm³/mol. The number of benzene rings is 1. The molecule has 4 N–H and O–H groups in total. The number of ether oxygens (including phenoxy) is 1. The third kappa shape index (κ3) is 4.20. The Balaban J connectivity index is 0.00000208. The summed E-state index contributed by atoms with van der Waals surface area (Å²) in [5, 5.41) is 10.7. The van der Waals surface area contributed by atoms with Gasteiger partial charge in [-0.05, 0) is 31.0 Å².